The summed E-state index contributed by atoms with van der Waals surface area (Å²) < 4.78 is 0. The van der Waals surface area contributed by atoms with Crippen LogP contribution in [0.15, 0.2) is 54.6 Å². The molecule has 32 heavy (non-hydrogen) atoms. The van der Waals surface area contributed by atoms with Gasteiger partial charge in [-0.15, -0.1) is 0 Å². The highest BCUT2D eigenvalue weighted by atomic mass is 16.2. The Bertz CT molecular complexity index is 1090. The number of nitrogens with one attached hydrogen (secondary N) is 3. The number of amides is 4. The van der Waals surface area contributed by atoms with Gasteiger partial charge in [-0.3, -0.25) is 9.59 Å². The molecule has 3 N–H and O–H groups in total. The van der Waals surface area contributed by atoms with E-state index in [1.54, 1.807) is 24.3 Å². The normalized spacial score (nSPS) is 17.9. The highest BCUT2D eigenvalue weighted by Gasteiger charge is 2.39. The fraction of sp³-hybridized carbons (Fsp3) is 0.333. The number of imidazole rings is 1. The number of hydrogen-bond donors (Lipinski definition) is 3. The number of para-hydroxylation sites is 3. The first-order valence-electron chi connectivity index (χ1n) is 10.9. The number of anilines is 1. The SMILES string of the molecule is CC[C@H](C)[C@H](NC(=O)CCC1NC(=O)N(c2ccccc2)C1=O)c1nc2ccccc2[nH]1. The van der Waals surface area contributed by atoms with E-state index in [1.807, 2.05) is 30.3 Å². The molecule has 1 aliphatic heterocycles. The zero-order chi connectivity index (χ0) is 22.7. The Morgan fingerprint density at radius 3 is 2.56 bits per heavy atom. The summed E-state index contributed by atoms with van der Waals surface area (Å²) in [7, 11) is 0. The van der Waals surface area contributed by atoms with Crippen molar-refractivity contribution in [2.24, 2.45) is 5.92 Å². The molecule has 0 saturated carbocycles. The fourth-order valence-electron chi connectivity index (χ4n) is 3.91. The number of carbonyl (C=O) groups excluding carboxylic acids is 3. The maximum Gasteiger partial charge on any atom is 0.329 e. The lowest BCUT2D eigenvalue weighted by atomic mass is 9.98. The number of carbonyl (C=O) groups is 3. The van der Waals surface area contributed by atoms with Crippen molar-refractivity contribution in [3.05, 3.63) is 60.4 Å². The van der Waals surface area contributed by atoms with Gasteiger partial charge in [0.25, 0.3) is 5.91 Å². The Morgan fingerprint density at radius 1 is 1.12 bits per heavy atom. The number of rotatable bonds is 8. The van der Waals surface area contributed by atoms with Gasteiger partial charge in [0.2, 0.25) is 5.91 Å². The highest BCUT2D eigenvalue weighted by Crippen LogP contribution is 2.25. The smallest absolute Gasteiger partial charge is 0.329 e. The zero-order valence-electron chi connectivity index (χ0n) is 18.2. The van der Waals surface area contributed by atoms with Gasteiger partial charge in [0.15, 0.2) is 0 Å². The Hall–Kier alpha value is -3.68. The van der Waals surface area contributed by atoms with Crippen LogP contribution in [0.2, 0.25) is 0 Å². The molecule has 166 valence electrons. The quantitative estimate of drug-likeness (QED) is 0.471. The largest absolute Gasteiger partial charge is 0.346 e. The molecular weight excluding hydrogens is 406 g/mol. The standard InChI is InChI=1S/C24H27N5O3/c1-3-15(2)21(22-25-17-11-7-8-12-18(17)26-22)28-20(30)14-13-19-23(31)29(24(32)27-19)16-9-5-4-6-10-16/h4-12,15,19,21H,3,13-14H2,1-2H3,(H,25,26)(H,27,32)(H,28,30)/t15-,19?,21-/m0/s1. The van der Waals surface area contributed by atoms with Crippen LogP contribution in [0.25, 0.3) is 11.0 Å². The molecular formula is C24H27N5O3. The van der Waals surface area contributed by atoms with E-state index in [9.17, 15) is 14.4 Å². The Labute approximate surface area is 186 Å². The molecule has 1 aromatic heterocycles. The minimum absolute atomic E-state index is 0.118. The van der Waals surface area contributed by atoms with Crippen molar-refractivity contribution in [1.29, 1.82) is 0 Å². The summed E-state index contributed by atoms with van der Waals surface area (Å²) in [4.78, 5) is 46.9. The number of hydrogen-bond acceptors (Lipinski definition) is 4. The van der Waals surface area contributed by atoms with Gasteiger partial charge in [-0.2, -0.15) is 0 Å². The minimum atomic E-state index is -0.721. The molecule has 4 rings (SSSR count). The third-order valence-corrected chi connectivity index (χ3v) is 5.93. The second-order valence-electron chi connectivity index (χ2n) is 8.12. The van der Waals surface area contributed by atoms with Crippen LogP contribution in [0.3, 0.4) is 0 Å². The number of imide groups is 1. The topological polar surface area (TPSA) is 107 Å². The molecule has 3 atom stereocenters. The van der Waals surface area contributed by atoms with E-state index in [0.29, 0.717) is 5.69 Å². The van der Waals surface area contributed by atoms with Gasteiger partial charge in [0, 0.05) is 6.42 Å². The maximum absolute atomic E-state index is 12.8. The van der Waals surface area contributed by atoms with Crippen LogP contribution in [0.5, 0.6) is 0 Å². The zero-order valence-corrected chi connectivity index (χ0v) is 18.2. The van der Waals surface area contributed by atoms with Crippen molar-refractivity contribution in [2.75, 3.05) is 4.90 Å². The van der Waals surface area contributed by atoms with Crippen molar-refractivity contribution in [2.45, 2.75) is 45.2 Å². The molecule has 1 unspecified atom stereocenters. The van der Waals surface area contributed by atoms with Gasteiger partial charge >= 0.3 is 6.03 Å². The van der Waals surface area contributed by atoms with Crippen molar-refractivity contribution in [3.63, 3.8) is 0 Å². The predicted molar refractivity (Wildman–Crippen MR) is 122 cm³/mol. The number of aromatic amines is 1. The minimum Gasteiger partial charge on any atom is -0.346 e. The van der Waals surface area contributed by atoms with Crippen molar-refractivity contribution in [3.8, 4) is 0 Å². The van der Waals surface area contributed by atoms with E-state index in [1.165, 1.54) is 0 Å². The van der Waals surface area contributed by atoms with E-state index in [4.69, 9.17) is 0 Å². The molecule has 0 spiro atoms. The summed E-state index contributed by atoms with van der Waals surface area (Å²) in [5.41, 5.74) is 2.29. The van der Waals surface area contributed by atoms with E-state index < -0.39 is 12.1 Å². The summed E-state index contributed by atoms with van der Waals surface area (Å²) in [6.07, 6.45) is 1.21. The van der Waals surface area contributed by atoms with Crippen LogP contribution in [-0.2, 0) is 9.59 Å². The van der Waals surface area contributed by atoms with Gasteiger partial charge in [-0.05, 0) is 36.6 Å². The van der Waals surface area contributed by atoms with Crippen LogP contribution in [0.4, 0.5) is 10.5 Å². The van der Waals surface area contributed by atoms with Gasteiger partial charge < -0.3 is 15.6 Å². The van der Waals surface area contributed by atoms with Crippen molar-refractivity contribution in [1.82, 2.24) is 20.6 Å². The lowest BCUT2D eigenvalue weighted by Gasteiger charge is -2.22. The summed E-state index contributed by atoms with van der Waals surface area (Å²) in [5.74, 6) is 0.357. The molecule has 8 heteroatoms. The number of urea groups is 1. The molecule has 3 aromatic rings. The molecule has 4 amide bonds. The molecule has 0 bridgehead atoms. The lowest BCUT2D eigenvalue weighted by Crippen LogP contribution is -2.35. The summed E-state index contributed by atoms with van der Waals surface area (Å²) >= 11 is 0. The highest BCUT2D eigenvalue weighted by molar-refractivity contribution is 6.21. The van der Waals surface area contributed by atoms with Crippen LogP contribution in [-0.4, -0.2) is 33.9 Å². The number of H-pyrrole nitrogens is 1. The van der Waals surface area contributed by atoms with E-state index >= 15 is 0 Å². The molecule has 8 nitrogen and oxygen atoms in total. The average Bonchev–Trinajstić information content (AvgIpc) is 3.36. The monoisotopic (exact) mass is 433 g/mol. The van der Waals surface area contributed by atoms with Crippen LogP contribution < -0.4 is 15.5 Å². The second kappa shape index (κ2) is 9.21. The second-order valence-corrected chi connectivity index (χ2v) is 8.12. The summed E-state index contributed by atoms with van der Waals surface area (Å²) in [6, 6.07) is 15.1. The first-order chi connectivity index (χ1) is 15.5. The number of fused-ring (bicyclic) bond motifs is 1. The Balaban J connectivity index is 1.40. The third kappa shape index (κ3) is 4.34. The summed E-state index contributed by atoms with van der Waals surface area (Å²) in [6.45, 7) is 4.13. The van der Waals surface area contributed by atoms with Crippen LogP contribution in [0.1, 0.15) is 45.0 Å². The maximum atomic E-state index is 12.8. The Morgan fingerprint density at radius 2 is 1.84 bits per heavy atom. The molecule has 1 fully saturated rings. The first-order valence-corrected chi connectivity index (χ1v) is 10.9. The predicted octanol–water partition coefficient (Wildman–Crippen LogP) is 3.67. The average molecular weight is 434 g/mol. The molecule has 0 radical (unpaired) electrons. The fourth-order valence-corrected chi connectivity index (χ4v) is 3.91. The Kier molecular flexibility index (Phi) is 6.20. The summed E-state index contributed by atoms with van der Waals surface area (Å²) in [5, 5.41) is 5.75. The van der Waals surface area contributed by atoms with Crippen molar-refractivity contribution >= 4 is 34.6 Å². The first kappa shape index (κ1) is 21.5. The van der Waals surface area contributed by atoms with E-state index in [-0.39, 0.29) is 36.6 Å². The number of nitrogens with zero attached hydrogens (tertiary/aromatic N) is 2. The van der Waals surface area contributed by atoms with E-state index in [2.05, 4.69) is 34.4 Å². The molecule has 2 aromatic carbocycles. The molecule has 1 aliphatic rings. The number of aromatic nitrogens is 2. The molecule has 0 aliphatic carbocycles. The van der Waals surface area contributed by atoms with Crippen LogP contribution in [0, 0.1) is 5.92 Å². The van der Waals surface area contributed by atoms with Crippen molar-refractivity contribution < 1.29 is 14.4 Å². The number of benzene rings is 2. The van der Waals surface area contributed by atoms with Gasteiger partial charge in [-0.25, -0.2) is 14.7 Å². The van der Waals surface area contributed by atoms with Gasteiger partial charge in [-0.1, -0.05) is 50.6 Å². The van der Waals surface area contributed by atoms with Gasteiger partial charge in [0.1, 0.15) is 11.9 Å². The molecule has 2 heterocycles. The third-order valence-electron chi connectivity index (χ3n) is 5.93. The molecule has 1 saturated heterocycles. The van der Waals surface area contributed by atoms with E-state index in [0.717, 1.165) is 28.2 Å². The lowest BCUT2D eigenvalue weighted by molar-refractivity contribution is -0.122. The van der Waals surface area contributed by atoms with Gasteiger partial charge in [0.05, 0.1) is 22.8 Å². The van der Waals surface area contributed by atoms with Crippen LogP contribution >= 0.6 is 0 Å².